The number of carbonyl (C=O) groups excluding carboxylic acids is 2. The topological polar surface area (TPSA) is 61.4 Å². The van der Waals surface area contributed by atoms with Crippen molar-refractivity contribution in [2.45, 2.75) is 6.92 Å². The summed E-state index contributed by atoms with van der Waals surface area (Å²) in [4.78, 5) is 24.7. The van der Waals surface area contributed by atoms with E-state index >= 15 is 0 Å². The largest absolute Gasteiger partial charge is 0.376 e. The van der Waals surface area contributed by atoms with Crippen LogP contribution in [-0.2, 0) is 9.59 Å². The van der Waals surface area contributed by atoms with Crippen LogP contribution in [0.1, 0.15) is 5.56 Å². The van der Waals surface area contributed by atoms with Gasteiger partial charge in [-0.05, 0) is 18.6 Å². The molecule has 2 rings (SSSR count). The highest BCUT2D eigenvalue weighted by Crippen LogP contribution is 2.12. The van der Waals surface area contributed by atoms with Crippen molar-refractivity contribution in [2.24, 2.45) is 0 Å². The Bertz CT molecular complexity index is 459. The third kappa shape index (κ3) is 3.00. The number of hydrogen-bond donors (Lipinski definition) is 2. The van der Waals surface area contributed by atoms with Crippen LogP contribution in [0.15, 0.2) is 24.3 Å². The molecule has 0 radical (unpaired) electrons. The Morgan fingerprint density at radius 3 is 2.94 bits per heavy atom. The lowest BCUT2D eigenvalue weighted by molar-refractivity contribution is -0.136. The van der Waals surface area contributed by atoms with Gasteiger partial charge in [0.2, 0.25) is 11.8 Å². The fourth-order valence-electron chi connectivity index (χ4n) is 1.91. The van der Waals surface area contributed by atoms with E-state index in [0.29, 0.717) is 13.1 Å². The minimum atomic E-state index is -0.0921. The molecule has 5 heteroatoms. The molecule has 0 aromatic heterocycles. The van der Waals surface area contributed by atoms with Crippen molar-refractivity contribution in [3.05, 3.63) is 29.8 Å². The third-order valence-corrected chi connectivity index (χ3v) is 2.97. The number of nitrogens with zero attached hydrogens (tertiary/aromatic N) is 1. The number of aryl methyl sites for hydroxylation is 1. The van der Waals surface area contributed by atoms with Crippen molar-refractivity contribution in [1.29, 1.82) is 0 Å². The quantitative estimate of drug-likeness (QED) is 0.811. The standard InChI is InChI=1S/C13H17N3O2/c1-10-4-2-3-5-11(10)15-8-13(18)16-7-6-14-12(17)9-16/h2-5,15H,6-9H2,1H3,(H,14,17). The third-order valence-electron chi connectivity index (χ3n) is 2.97. The number of amides is 2. The zero-order valence-electron chi connectivity index (χ0n) is 10.4. The SMILES string of the molecule is Cc1ccccc1NCC(=O)N1CCNC(=O)C1. The second-order valence-electron chi connectivity index (χ2n) is 4.33. The molecule has 1 aromatic carbocycles. The van der Waals surface area contributed by atoms with Crippen molar-refractivity contribution in [3.8, 4) is 0 Å². The van der Waals surface area contributed by atoms with Gasteiger partial charge in [0.15, 0.2) is 0 Å². The number of piperazine rings is 1. The number of hydrogen-bond acceptors (Lipinski definition) is 3. The second kappa shape index (κ2) is 5.53. The molecular weight excluding hydrogens is 230 g/mol. The summed E-state index contributed by atoms with van der Waals surface area (Å²) in [6, 6.07) is 7.80. The minimum absolute atomic E-state index is 0.0481. The van der Waals surface area contributed by atoms with Crippen molar-refractivity contribution in [3.63, 3.8) is 0 Å². The van der Waals surface area contributed by atoms with Gasteiger partial charge in [-0.2, -0.15) is 0 Å². The summed E-state index contributed by atoms with van der Waals surface area (Å²) in [5, 5.41) is 5.80. The van der Waals surface area contributed by atoms with Gasteiger partial charge in [-0.15, -0.1) is 0 Å². The summed E-state index contributed by atoms with van der Waals surface area (Å²) in [6.07, 6.45) is 0. The molecule has 1 aromatic rings. The average Bonchev–Trinajstić information content (AvgIpc) is 2.37. The van der Waals surface area contributed by atoms with Gasteiger partial charge >= 0.3 is 0 Å². The summed E-state index contributed by atoms with van der Waals surface area (Å²) >= 11 is 0. The monoisotopic (exact) mass is 247 g/mol. The van der Waals surface area contributed by atoms with Gasteiger partial charge in [0.1, 0.15) is 0 Å². The van der Waals surface area contributed by atoms with E-state index in [0.717, 1.165) is 11.3 Å². The Balaban J connectivity index is 1.88. The van der Waals surface area contributed by atoms with E-state index in [2.05, 4.69) is 10.6 Å². The molecule has 96 valence electrons. The van der Waals surface area contributed by atoms with Gasteiger partial charge in [0, 0.05) is 18.8 Å². The fourth-order valence-corrected chi connectivity index (χ4v) is 1.91. The number of carbonyl (C=O) groups is 2. The zero-order valence-corrected chi connectivity index (χ0v) is 10.4. The van der Waals surface area contributed by atoms with Gasteiger partial charge in [-0.25, -0.2) is 0 Å². The highest BCUT2D eigenvalue weighted by atomic mass is 16.2. The summed E-state index contributed by atoms with van der Waals surface area (Å²) in [5.74, 6) is -0.140. The van der Waals surface area contributed by atoms with Crippen molar-refractivity contribution < 1.29 is 9.59 Å². The number of rotatable bonds is 3. The molecule has 0 aliphatic carbocycles. The Kier molecular flexibility index (Phi) is 3.82. The molecule has 1 saturated heterocycles. The molecule has 1 heterocycles. The first-order chi connectivity index (χ1) is 8.66. The van der Waals surface area contributed by atoms with Crippen LogP contribution in [0, 0.1) is 6.92 Å². The second-order valence-corrected chi connectivity index (χ2v) is 4.33. The molecule has 0 atom stereocenters. The Hall–Kier alpha value is -2.04. The maximum atomic E-state index is 11.9. The molecule has 1 fully saturated rings. The van der Waals surface area contributed by atoms with Gasteiger partial charge in [0.05, 0.1) is 13.1 Å². The lowest BCUT2D eigenvalue weighted by Crippen LogP contribution is -2.51. The predicted octanol–water partition coefficient (Wildman–Crippen LogP) is 0.365. The van der Waals surface area contributed by atoms with Gasteiger partial charge in [-0.1, -0.05) is 18.2 Å². The fraction of sp³-hybridized carbons (Fsp3) is 0.385. The molecular formula is C13H17N3O2. The lowest BCUT2D eigenvalue weighted by Gasteiger charge is -2.27. The molecule has 0 unspecified atom stereocenters. The van der Waals surface area contributed by atoms with Gasteiger partial charge in [0.25, 0.3) is 0 Å². The van der Waals surface area contributed by atoms with Crippen LogP contribution in [0.4, 0.5) is 5.69 Å². The first kappa shape index (κ1) is 12.4. The lowest BCUT2D eigenvalue weighted by atomic mass is 10.2. The zero-order chi connectivity index (χ0) is 13.0. The Morgan fingerprint density at radius 2 is 2.22 bits per heavy atom. The van der Waals surface area contributed by atoms with Crippen LogP contribution in [0.25, 0.3) is 0 Å². The molecule has 1 aliphatic rings. The molecule has 0 spiro atoms. The molecule has 5 nitrogen and oxygen atoms in total. The Morgan fingerprint density at radius 1 is 1.44 bits per heavy atom. The highest BCUT2D eigenvalue weighted by molar-refractivity contribution is 5.87. The minimum Gasteiger partial charge on any atom is -0.376 e. The van der Waals surface area contributed by atoms with Gasteiger partial charge < -0.3 is 15.5 Å². The number of nitrogens with one attached hydrogen (secondary N) is 2. The van der Waals surface area contributed by atoms with Crippen LogP contribution in [-0.4, -0.2) is 42.9 Å². The number of benzene rings is 1. The number of anilines is 1. The maximum Gasteiger partial charge on any atom is 0.242 e. The van der Waals surface area contributed by atoms with E-state index in [9.17, 15) is 9.59 Å². The first-order valence-electron chi connectivity index (χ1n) is 6.01. The first-order valence-corrected chi connectivity index (χ1v) is 6.01. The van der Waals surface area contributed by atoms with E-state index in [1.807, 2.05) is 31.2 Å². The van der Waals surface area contributed by atoms with E-state index in [1.54, 1.807) is 4.90 Å². The van der Waals surface area contributed by atoms with Crippen LogP contribution in [0.5, 0.6) is 0 Å². The van der Waals surface area contributed by atoms with Crippen molar-refractivity contribution in [1.82, 2.24) is 10.2 Å². The summed E-state index contributed by atoms with van der Waals surface area (Å²) in [5.41, 5.74) is 2.05. The average molecular weight is 247 g/mol. The molecule has 1 aliphatic heterocycles. The summed E-state index contributed by atoms with van der Waals surface area (Å²) in [6.45, 7) is 3.49. The van der Waals surface area contributed by atoms with E-state index in [-0.39, 0.29) is 24.9 Å². The van der Waals surface area contributed by atoms with Crippen molar-refractivity contribution in [2.75, 3.05) is 31.5 Å². The van der Waals surface area contributed by atoms with E-state index < -0.39 is 0 Å². The van der Waals surface area contributed by atoms with Gasteiger partial charge in [-0.3, -0.25) is 9.59 Å². The highest BCUT2D eigenvalue weighted by Gasteiger charge is 2.20. The maximum absolute atomic E-state index is 11.9. The molecule has 0 saturated carbocycles. The summed E-state index contributed by atoms with van der Waals surface area (Å²) < 4.78 is 0. The van der Waals surface area contributed by atoms with Crippen LogP contribution in [0.2, 0.25) is 0 Å². The summed E-state index contributed by atoms with van der Waals surface area (Å²) in [7, 11) is 0. The number of para-hydroxylation sites is 1. The smallest absolute Gasteiger partial charge is 0.242 e. The normalized spacial score (nSPS) is 15.2. The predicted molar refractivity (Wildman–Crippen MR) is 69.3 cm³/mol. The molecule has 2 amide bonds. The van der Waals surface area contributed by atoms with E-state index in [1.165, 1.54) is 0 Å². The van der Waals surface area contributed by atoms with Crippen LogP contribution < -0.4 is 10.6 Å². The molecule has 2 N–H and O–H groups in total. The van der Waals surface area contributed by atoms with Crippen LogP contribution in [0.3, 0.4) is 0 Å². The Labute approximate surface area is 106 Å². The van der Waals surface area contributed by atoms with E-state index in [4.69, 9.17) is 0 Å². The van der Waals surface area contributed by atoms with Crippen LogP contribution >= 0.6 is 0 Å². The molecule has 18 heavy (non-hydrogen) atoms. The van der Waals surface area contributed by atoms with Crippen molar-refractivity contribution >= 4 is 17.5 Å². The molecule has 0 bridgehead atoms.